The lowest BCUT2D eigenvalue weighted by Gasteiger charge is -1.99. The number of aryl methyl sites for hydroxylation is 6. The summed E-state index contributed by atoms with van der Waals surface area (Å²) in [4.78, 5) is 23.3. The van der Waals surface area contributed by atoms with Gasteiger partial charge >= 0.3 is 5.69 Å². The standard InChI is InChI=1S/C9H11N3.C7H10N2O/c1-6-8-4-5-12(3)9(8)11-7(2)10-6;1-5-4-9(3)7(10)8-6(5)2/h4-5H,1-3H3;4H,1-3H3. The van der Waals surface area contributed by atoms with Crippen molar-refractivity contribution in [1.82, 2.24) is 24.1 Å². The van der Waals surface area contributed by atoms with Crippen LogP contribution in [0.1, 0.15) is 22.8 Å². The van der Waals surface area contributed by atoms with E-state index >= 15 is 0 Å². The second kappa shape index (κ2) is 6.09. The Labute approximate surface area is 129 Å². The van der Waals surface area contributed by atoms with Crippen LogP contribution in [0.15, 0.2) is 23.3 Å². The zero-order valence-corrected chi connectivity index (χ0v) is 13.9. The maximum atomic E-state index is 10.8. The first-order chi connectivity index (χ1) is 10.3. The Balaban J connectivity index is 0.000000164. The fourth-order valence-corrected chi connectivity index (χ4v) is 2.17. The summed E-state index contributed by atoms with van der Waals surface area (Å²) in [6, 6.07) is 2.05. The summed E-state index contributed by atoms with van der Waals surface area (Å²) in [5.74, 6) is 0.835. The zero-order chi connectivity index (χ0) is 16.4. The average molecular weight is 299 g/mol. The van der Waals surface area contributed by atoms with Gasteiger partial charge in [-0.15, -0.1) is 0 Å². The molecule has 0 unspecified atom stereocenters. The highest BCUT2D eigenvalue weighted by molar-refractivity contribution is 5.78. The predicted octanol–water partition coefficient (Wildman–Crippen LogP) is 1.98. The normalized spacial score (nSPS) is 10.5. The molecule has 116 valence electrons. The third-order valence-electron chi connectivity index (χ3n) is 3.55. The van der Waals surface area contributed by atoms with Crippen molar-refractivity contribution in [1.29, 1.82) is 0 Å². The minimum atomic E-state index is -0.192. The Hall–Kier alpha value is -2.50. The average Bonchev–Trinajstić information content (AvgIpc) is 2.79. The van der Waals surface area contributed by atoms with Crippen LogP contribution < -0.4 is 5.69 Å². The molecule has 3 aromatic heterocycles. The van der Waals surface area contributed by atoms with Crippen molar-refractivity contribution in [2.24, 2.45) is 14.1 Å². The summed E-state index contributed by atoms with van der Waals surface area (Å²) in [5, 5.41) is 1.14. The molecular formula is C16H21N5O. The van der Waals surface area contributed by atoms with Crippen LogP contribution in [0.4, 0.5) is 0 Å². The lowest BCUT2D eigenvalue weighted by atomic mass is 10.3. The van der Waals surface area contributed by atoms with Gasteiger partial charge in [-0.2, -0.15) is 4.98 Å². The predicted molar refractivity (Wildman–Crippen MR) is 86.9 cm³/mol. The molecule has 0 fully saturated rings. The molecule has 0 aliphatic rings. The molecule has 0 bridgehead atoms. The second-order valence-corrected chi connectivity index (χ2v) is 5.42. The highest BCUT2D eigenvalue weighted by Gasteiger charge is 2.03. The topological polar surface area (TPSA) is 65.6 Å². The number of hydrogen-bond acceptors (Lipinski definition) is 4. The Morgan fingerprint density at radius 2 is 1.59 bits per heavy atom. The number of nitrogens with zero attached hydrogens (tertiary/aromatic N) is 5. The molecule has 0 atom stereocenters. The van der Waals surface area contributed by atoms with Crippen molar-refractivity contribution in [3.05, 3.63) is 51.7 Å². The molecule has 3 rings (SSSR count). The third kappa shape index (κ3) is 3.21. The van der Waals surface area contributed by atoms with E-state index in [2.05, 4.69) is 15.0 Å². The van der Waals surface area contributed by atoms with Gasteiger partial charge in [-0.25, -0.2) is 14.8 Å². The van der Waals surface area contributed by atoms with E-state index in [9.17, 15) is 4.79 Å². The second-order valence-electron chi connectivity index (χ2n) is 5.42. The van der Waals surface area contributed by atoms with Crippen molar-refractivity contribution in [2.75, 3.05) is 0 Å². The fraction of sp³-hybridized carbons (Fsp3) is 0.375. The smallest absolute Gasteiger partial charge is 0.335 e. The molecule has 0 saturated heterocycles. The highest BCUT2D eigenvalue weighted by Crippen LogP contribution is 2.14. The van der Waals surface area contributed by atoms with Crippen molar-refractivity contribution < 1.29 is 0 Å². The molecule has 0 spiro atoms. The monoisotopic (exact) mass is 299 g/mol. The molecule has 22 heavy (non-hydrogen) atoms. The molecule has 6 heteroatoms. The van der Waals surface area contributed by atoms with E-state index in [1.165, 1.54) is 4.57 Å². The Morgan fingerprint density at radius 1 is 0.909 bits per heavy atom. The largest absolute Gasteiger partial charge is 0.347 e. The molecule has 0 aliphatic carbocycles. The first-order valence-electron chi connectivity index (χ1n) is 7.06. The van der Waals surface area contributed by atoms with Gasteiger partial charge in [0.15, 0.2) is 0 Å². The van der Waals surface area contributed by atoms with Gasteiger partial charge in [0, 0.05) is 37.6 Å². The lowest BCUT2D eigenvalue weighted by molar-refractivity contribution is 0.788. The van der Waals surface area contributed by atoms with Crippen LogP contribution in [0.25, 0.3) is 11.0 Å². The van der Waals surface area contributed by atoms with Gasteiger partial charge in [-0.3, -0.25) is 0 Å². The molecule has 3 aromatic rings. The highest BCUT2D eigenvalue weighted by atomic mass is 16.1. The first-order valence-corrected chi connectivity index (χ1v) is 7.06. The van der Waals surface area contributed by atoms with Crippen molar-refractivity contribution >= 4 is 11.0 Å². The molecule has 0 radical (unpaired) electrons. The van der Waals surface area contributed by atoms with E-state index in [0.29, 0.717) is 0 Å². The summed E-state index contributed by atoms with van der Waals surface area (Å²) < 4.78 is 3.49. The molecule has 0 aromatic carbocycles. The summed E-state index contributed by atoms with van der Waals surface area (Å²) in [6.07, 6.45) is 3.79. The summed E-state index contributed by atoms with van der Waals surface area (Å²) >= 11 is 0. The van der Waals surface area contributed by atoms with Gasteiger partial charge in [0.1, 0.15) is 11.5 Å². The van der Waals surface area contributed by atoms with E-state index in [1.807, 2.05) is 51.6 Å². The number of hydrogen-bond donors (Lipinski definition) is 0. The van der Waals surface area contributed by atoms with Crippen LogP contribution in [0.2, 0.25) is 0 Å². The van der Waals surface area contributed by atoms with Crippen LogP contribution in [0.5, 0.6) is 0 Å². The SMILES string of the molecule is Cc1cn(C)c(=O)nc1C.Cc1nc(C)c2ccn(C)c2n1. The van der Waals surface area contributed by atoms with E-state index in [-0.39, 0.29) is 5.69 Å². The van der Waals surface area contributed by atoms with Gasteiger partial charge in [-0.05, 0) is 39.3 Å². The van der Waals surface area contributed by atoms with Crippen LogP contribution >= 0.6 is 0 Å². The van der Waals surface area contributed by atoms with Crippen LogP contribution in [0, 0.1) is 27.7 Å². The van der Waals surface area contributed by atoms with Crippen LogP contribution in [-0.4, -0.2) is 24.1 Å². The number of fused-ring (bicyclic) bond motifs is 1. The van der Waals surface area contributed by atoms with Gasteiger partial charge in [0.25, 0.3) is 0 Å². The van der Waals surface area contributed by atoms with Crippen LogP contribution in [0.3, 0.4) is 0 Å². The quantitative estimate of drug-likeness (QED) is 0.636. The number of rotatable bonds is 0. The Morgan fingerprint density at radius 3 is 2.23 bits per heavy atom. The molecule has 0 saturated carbocycles. The Bertz CT molecular complexity index is 876. The Kier molecular flexibility index (Phi) is 4.40. The lowest BCUT2D eigenvalue weighted by Crippen LogP contribution is -2.20. The van der Waals surface area contributed by atoms with E-state index in [4.69, 9.17) is 0 Å². The molecule has 0 aliphatic heterocycles. The third-order valence-corrected chi connectivity index (χ3v) is 3.55. The first kappa shape index (κ1) is 15.9. The molecule has 0 amide bonds. The molecular weight excluding hydrogens is 278 g/mol. The maximum Gasteiger partial charge on any atom is 0.347 e. The zero-order valence-electron chi connectivity index (χ0n) is 13.9. The minimum absolute atomic E-state index is 0.192. The van der Waals surface area contributed by atoms with Crippen LogP contribution in [-0.2, 0) is 14.1 Å². The van der Waals surface area contributed by atoms with Crippen molar-refractivity contribution in [2.45, 2.75) is 27.7 Å². The minimum Gasteiger partial charge on any atom is -0.335 e. The molecule has 0 N–H and O–H groups in total. The summed E-state index contributed by atoms with van der Waals surface area (Å²) in [7, 11) is 3.69. The van der Waals surface area contributed by atoms with Gasteiger partial charge in [-0.1, -0.05) is 0 Å². The van der Waals surface area contributed by atoms with Gasteiger partial charge < -0.3 is 9.13 Å². The van der Waals surface area contributed by atoms with Gasteiger partial charge in [0.05, 0.1) is 5.69 Å². The van der Waals surface area contributed by atoms with E-state index in [0.717, 1.165) is 33.8 Å². The fourth-order valence-electron chi connectivity index (χ4n) is 2.17. The maximum absolute atomic E-state index is 10.8. The number of aromatic nitrogens is 5. The van der Waals surface area contributed by atoms with E-state index in [1.54, 1.807) is 13.2 Å². The summed E-state index contributed by atoms with van der Waals surface area (Å²) in [5.41, 5.74) is 3.73. The van der Waals surface area contributed by atoms with E-state index < -0.39 is 0 Å². The van der Waals surface area contributed by atoms with Crippen molar-refractivity contribution in [3.63, 3.8) is 0 Å². The summed E-state index contributed by atoms with van der Waals surface area (Å²) in [6.45, 7) is 7.69. The van der Waals surface area contributed by atoms with Crippen molar-refractivity contribution in [3.8, 4) is 0 Å². The molecule has 6 nitrogen and oxygen atoms in total. The molecule has 3 heterocycles. The van der Waals surface area contributed by atoms with Gasteiger partial charge in [0.2, 0.25) is 0 Å².